The van der Waals surface area contributed by atoms with Crippen LogP contribution in [0.25, 0.3) is 0 Å². The van der Waals surface area contributed by atoms with E-state index in [-0.39, 0.29) is 12.5 Å². The lowest BCUT2D eigenvalue weighted by atomic mass is 10.1. The molecule has 0 atom stereocenters. The minimum absolute atomic E-state index is 0.124. The molecule has 0 spiro atoms. The molecule has 1 aromatic rings. The van der Waals surface area contributed by atoms with Crippen LogP contribution >= 0.6 is 0 Å². The second kappa shape index (κ2) is 6.11. The summed E-state index contributed by atoms with van der Waals surface area (Å²) < 4.78 is 37.3. The number of rotatable bonds is 7. The van der Waals surface area contributed by atoms with Gasteiger partial charge in [-0.05, 0) is 49.4 Å². The predicted octanol–water partition coefficient (Wildman–Crippen LogP) is 2.23. The van der Waals surface area contributed by atoms with E-state index in [2.05, 4.69) is 0 Å². The predicted molar refractivity (Wildman–Crippen MR) is 63.3 cm³/mol. The molecule has 5 heteroatoms. The first-order valence-electron chi connectivity index (χ1n) is 6.09. The summed E-state index contributed by atoms with van der Waals surface area (Å²) in [4.78, 5) is 0. The fourth-order valence-electron chi connectivity index (χ4n) is 1.66. The molecule has 0 aliphatic heterocycles. The van der Waals surface area contributed by atoms with Gasteiger partial charge in [-0.25, -0.2) is 8.78 Å². The van der Waals surface area contributed by atoms with Crippen LogP contribution in [-0.4, -0.2) is 19.9 Å². The fraction of sp³-hybridized carbons (Fsp3) is 0.538. The van der Waals surface area contributed by atoms with Gasteiger partial charge >= 0.3 is 0 Å². The monoisotopic (exact) mass is 257 g/mol. The Morgan fingerprint density at radius 3 is 2.44 bits per heavy atom. The molecule has 1 fully saturated rings. The summed E-state index contributed by atoms with van der Waals surface area (Å²) in [5.41, 5.74) is 5.86. The highest BCUT2D eigenvalue weighted by atomic mass is 19.1. The Balaban J connectivity index is 1.89. The molecule has 0 aromatic heterocycles. The lowest BCUT2D eigenvalue weighted by Crippen LogP contribution is -2.09. The Morgan fingerprint density at radius 1 is 1.22 bits per heavy atom. The van der Waals surface area contributed by atoms with Gasteiger partial charge in [0.2, 0.25) is 0 Å². The zero-order valence-electron chi connectivity index (χ0n) is 10.1. The van der Waals surface area contributed by atoms with Gasteiger partial charge in [-0.15, -0.1) is 0 Å². The number of halogens is 2. The first-order chi connectivity index (χ1) is 8.70. The summed E-state index contributed by atoms with van der Waals surface area (Å²) in [7, 11) is 0. The standard InChI is InChI=1S/C13H17F2NO2/c14-11-5-10(3-4-16)6-12(15)13(11)18-8-17-7-9-1-2-9/h5-6,9H,1-4,7-8,16H2. The molecule has 18 heavy (non-hydrogen) atoms. The molecule has 2 rings (SSSR count). The van der Waals surface area contributed by atoms with Gasteiger partial charge in [0.15, 0.2) is 24.2 Å². The topological polar surface area (TPSA) is 44.5 Å². The van der Waals surface area contributed by atoms with Gasteiger partial charge in [-0.1, -0.05) is 0 Å². The number of nitrogens with two attached hydrogens (primary N) is 1. The van der Waals surface area contributed by atoms with Crippen molar-refractivity contribution in [1.82, 2.24) is 0 Å². The number of ether oxygens (including phenoxy) is 2. The van der Waals surface area contributed by atoms with E-state index in [0.29, 0.717) is 31.1 Å². The Kier molecular flexibility index (Phi) is 4.49. The Morgan fingerprint density at radius 2 is 1.89 bits per heavy atom. The van der Waals surface area contributed by atoms with Crippen LogP contribution in [0.3, 0.4) is 0 Å². The first kappa shape index (κ1) is 13.2. The molecule has 100 valence electrons. The third kappa shape index (κ3) is 3.65. The smallest absolute Gasteiger partial charge is 0.193 e. The lowest BCUT2D eigenvalue weighted by Gasteiger charge is -2.10. The van der Waals surface area contributed by atoms with E-state index in [1.165, 1.54) is 12.1 Å². The molecule has 1 aromatic carbocycles. The second-order valence-electron chi connectivity index (χ2n) is 4.50. The van der Waals surface area contributed by atoms with Gasteiger partial charge in [0.25, 0.3) is 0 Å². The normalized spacial score (nSPS) is 14.8. The Hall–Kier alpha value is -1.20. The van der Waals surface area contributed by atoms with E-state index in [1.54, 1.807) is 0 Å². The quantitative estimate of drug-likeness (QED) is 0.601. The molecule has 1 saturated carbocycles. The van der Waals surface area contributed by atoms with Gasteiger partial charge in [0, 0.05) is 0 Å². The summed E-state index contributed by atoms with van der Waals surface area (Å²) in [6.07, 6.45) is 2.76. The van der Waals surface area contributed by atoms with Crippen molar-refractivity contribution in [3.05, 3.63) is 29.3 Å². The molecule has 2 N–H and O–H groups in total. The van der Waals surface area contributed by atoms with Crippen LogP contribution in [0.5, 0.6) is 5.75 Å². The highest BCUT2D eigenvalue weighted by Gasteiger charge is 2.21. The van der Waals surface area contributed by atoms with Gasteiger partial charge in [0.1, 0.15) is 0 Å². The molecule has 1 aliphatic rings. The lowest BCUT2D eigenvalue weighted by molar-refractivity contribution is 0.00571. The molecule has 3 nitrogen and oxygen atoms in total. The summed E-state index contributed by atoms with van der Waals surface area (Å²) in [5.74, 6) is -1.22. The maximum absolute atomic E-state index is 13.6. The van der Waals surface area contributed by atoms with Crippen LogP contribution in [0, 0.1) is 17.6 Å². The zero-order valence-corrected chi connectivity index (χ0v) is 10.1. The van der Waals surface area contributed by atoms with E-state index in [4.69, 9.17) is 15.2 Å². The van der Waals surface area contributed by atoms with Crippen molar-refractivity contribution < 1.29 is 18.3 Å². The zero-order chi connectivity index (χ0) is 13.0. The van der Waals surface area contributed by atoms with E-state index in [9.17, 15) is 8.78 Å². The summed E-state index contributed by atoms with van der Waals surface area (Å²) in [6, 6.07) is 2.48. The van der Waals surface area contributed by atoms with Crippen molar-refractivity contribution in [2.45, 2.75) is 19.3 Å². The fourth-order valence-corrected chi connectivity index (χ4v) is 1.66. The van der Waals surface area contributed by atoms with Gasteiger partial charge in [-0.3, -0.25) is 0 Å². The minimum atomic E-state index is -0.714. The maximum Gasteiger partial charge on any atom is 0.193 e. The van der Waals surface area contributed by atoms with Gasteiger partial charge < -0.3 is 15.2 Å². The van der Waals surface area contributed by atoms with Crippen LogP contribution in [0.15, 0.2) is 12.1 Å². The van der Waals surface area contributed by atoms with E-state index < -0.39 is 11.6 Å². The van der Waals surface area contributed by atoms with Gasteiger partial charge in [0.05, 0.1) is 6.61 Å². The number of benzene rings is 1. The van der Waals surface area contributed by atoms with Gasteiger partial charge in [-0.2, -0.15) is 0 Å². The summed E-state index contributed by atoms with van der Waals surface area (Å²) >= 11 is 0. The van der Waals surface area contributed by atoms with Crippen LogP contribution in [0.1, 0.15) is 18.4 Å². The third-order valence-corrected chi connectivity index (χ3v) is 2.83. The van der Waals surface area contributed by atoms with Crippen LogP contribution in [0.4, 0.5) is 8.78 Å². The molecular formula is C13H17F2NO2. The van der Waals surface area contributed by atoms with Crippen molar-refractivity contribution in [2.75, 3.05) is 19.9 Å². The van der Waals surface area contributed by atoms with Crippen LogP contribution in [-0.2, 0) is 11.2 Å². The number of hydrogen-bond donors (Lipinski definition) is 1. The second-order valence-corrected chi connectivity index (χ2v) is 4.50. The average molecular weight is 257 g/mol. The largest absolute Gasteiger partial charge is 0.461 e. The molecule has 1 aliphatic carbocycles. The molecule has 0 unspecified atom stereocenters. The molecule has 0 saturated heterocycles. The number of hydrogen-bond acceptors (Lipinski definition) is 3. The summed E-state index contributed by atoms with van der Waals surface area (Å²) in [6.45, 7) is 0.818. The minimum Gasteiger partial charge on any atom is -0.461 e. The van der Waals surface area contributed by atoms with Crippen LogP contribution in [0.2, 0.25) is 0 Å². The van der Waals surface area contributed by atoms with E-state index in [0.717, 1.165) is 12.8 Å². The van der Waals surface area contributed by atoms with Crippen molar-refractivity contribution in [3.8, 4) is 5.75 Å². The molecule has 0 bridgehead atoms. The highest BCUT2D eigenvalue weighted by Crippen LogP contribution is 2.29. The Bertz CT molecular complexity index is 385. The Labute approximate surface area is 105 Å². The van der Waals surface area contributed by atoms with Crippen molar-refractivity contribution in [3.63, 3.8) is 0 Å². The molecule has 0 heterocycles. The SMILES string of the molecule is NCCc1cc(F)c(OCOCC2CC2)c(F)c1. The first-order valence-corrected chi connectivity index (χ1v) is 6.09. The third-order valence-electron chi connectivity index (χ3n) is 2.83. The average Bonchev–Trinajstić information content (AvgIpc) is 3.11. The van der Waals surface area contributed by atoms with Crippen molar-refractivity contribution in [1.29, 1.82) is 0 Å². The summed E-state index contributed by atoms with van der Waals surface area (Å²) in [5, 5.41) is 0. The van der Waals surface area contributed by atoms with E-state index >= 15 is 0 Å². The van der Waals surface area contributed by atoms with E-state index in [1.807, 2.05) is 0 Å². The highest BCUT2D eigenvalue weighted by molar-refractivity contribution is 5.31. The molecular weight excluding hydrogens is 240 g/mol. The maximum atomic E-state index is 13.6. The van der Waals surface area contributed by atoms with Crippen LogP contribution < -0.4 is 10.5 Å². The molecule has 0 radical (unpaired) electrons. The van der Waals surface area contributed by atoms with Crippen molar-refractivity contribution in [2.24, 2.45) is 11.7 Å². The van der Waals surface area contributed by atoms with Crippen molar-refractivity contribution >= 4 is 0 Å². The molecule has 0 amide bonds.